The molecule has 0 amide bonds. The second-order valence-electron chi connectivity index (χ2n) is 5.39. The van der Waals surface area contributed by atoms with Crippen LogP contribution in [0.25, 0.3) is 10.9 Å². The van der Waals surface area contributed by atoms with Crippen molar-refractivity contribution in [2.45, 2.75) is 9.65 Å². The van der Waals surface area contributed by atoms with E-state index in [4.69, 9.17) is 0 Å². The second kappa shape index (κ2) is 7.41. The van der Waals surface area contributed by atoms with E-state index in [1.54, 1.807) is 6.20 Å². The minimum atomic E-state index is -0.528. The van der Waals surface area contributed by atoms with Gasteiger partial charge in [0.05, 0.1) is 20.1 Å². The van der Waals surface area contributed by atoms with E-state index in [0.717, 1.165) is 16.5 Å². The van der Waals surface area contributed by atoms with E-state index in [9.17, 15) is 14.9 Å². The number of carbonyl (C=O) groups excluding carboxylic acids is 1. The monoisotopic (exact) mass is 462 g/mol. The number of nitro groups is 1. The number of alkyl halides is 2. The van der Waals surface area contributed by atoms with Crippen LogP contribution in [0.2, 0.25) is 0 Å². The normalized spacial score (nSPS) is 13.4. The number of nitro benzene ring substituents is 1. The summed E-state index contributed by atoms with van der Waals surface area (Å²) in [6.45, 7) is 0. The molecular formula is C18H12Br2N2O3. The number of halogens is 2. The van der Waals surface area contributed by atoms with Crippen molar-refractivity contribution in [3.8, 4) is 0 Å². The first-order valence-electron chi connectivity index (χ1n) is 7.39. The predicted molar refractivity (Wildman–Crippen MR) is 104 cm³/mol. The van der Waals surface area contributed by atoms with Gasteiger partial charge in [0.2, 0.25) is 0 Å². The number of aromatic nitrogens is 1. The summed E-state index contributed by atoms with van der Waals surface area (Å²) in [5.74, 6) is -0.155. The largest absolute Gasteiger partial charge is 0.293 e. The molecule has 3 rings (SSSR count). The van der Waals surface area contributed by atoms with Gasteiger partial charge < -0.3 is 0 Å². The molecule has 0 radical (unpaired) electrons. The van der Waals surface area contributed by atoms with Crippen LogP contribution in [0, 0.1) is 10.1 Å². The first kappa shape index (κ1) is 17.7. The lowest BCUT2D eigenvalue weighted by atomic mass is 10.00. The maximum atomic E-state index is 12.7. The Kier molecular flexibility index (Phi) is 5.24. The standard InChI is InChI=1S/C18H12Br2N2O3/c19-16(14-9-10-21-15-4-2-1-3-13(14)15)17(20)18(23)11-5-7-12(8-6-11)22(24)25/h1-10,16-17H/t16-,17+/m0/s1. The average Bonchev–Trinajstić information content (AvgIpc) is 2.65. The molecule has 0 aliphatic rings. The van der Waals surface area contributed by atoms with E-state index < -0.39 is 9.75 Å². The van der Waals surface area contributed by atoms with Crippen molar-refractivity contribution in [1.82, 2.24) is 4.98 Å². The van der Waals surface area contributed by atoms with Crippen molar-refractivity contribution in [3.05, 3.63) is 82.0 Å². The Labute approximate surface area is 160 Å². The lowest BCUT2D eigenvalue weighted by molar-refractivity contribution is -0.384. The highest BCUT2D eigenvalue weighted by Gasteiger charge is 2.27. The molecular weight excluding hydrogens is 452 g/mol. The van der Waals surface area contributed by atoms with Crippen molar-refractivity contribution >= 4 is 54.2 Å². The van der Waals surface area contributed by atoms with Gasteiger partial charge in [-0.1, -0.05) is 50.1 Å². The third-order valence-electron chi connectivity index (χ3n) is 3.85. The van der Waals surface area contributed by atoms with Crippen LogP contribution >= 0.6 is 31.9 Å². The zero-order valence-corrected chi connectivity index (χ0v) is 16.0. The Balaban J connectivity index is 1.89. The summed E-state index contributed by atoms with van der Waals surface area (Å²) in [6, 6.07) is 15.2. The number of rotatable bonds is 5. The Morgan fingerprint density at radius 1 is 1.04 bits per heavy atom. The van der Waals surface area contributed by atoms with Gasteiger partial charge in [-0.3, -0.25) is 19.9 Å². The van der Waals surface area contributed by atoms with Crippen LogP contribution in [-0.4, -0.2) is 20.5 Å². The summed E-state index contributed by atoms with van der Waals surface area (Å²) in [7, 11) is 0. The highest BCUT2D eigenvalue weighted by Crippen LogP contribution is 2.36. The summed E-state index contributed by atoms with van der Waals surface area (Å²) in [5.41, 5.74) is 2.17. The van der Waals surface area contributed by atoms with Crippen LogP contribution in [0.1, 0.15) is 20.7 Å². The Morgan fingerprint density at radius 2 is 1.72 bits per heavy atom. The molecule has 5 nitrogen and oxygen atoms in total. The van der Waals surface area contributed by atoms with E-state index in [0.29, 0.717) is 5.56 Å². The number of ketones is 1. The average molecular weight is 464 g/mol. The molecule has 0 saturated heterocycles. The van der Waals surface area contributed by atoms with Gasteiger partial charge in [0, 0.05) is 29.3 Å². The summed E-state index contributed by atoms with van der Waals surface area (Å²) >= 11 is 7.07. The van der Waals surface area contributed by atoms with Crippen molar-refractivity contribution in [3.63, 3.8) is 0 Å². The quantitative estimate of drug-likeness (QED) is 0.225. The summed E-state index contributed by atoms with van der Waals surface area (Å²) in [4.78, 5) is 26.5. The summed E-state index contributed by atoms with van der Waals surface area (Å²) < 4.78 is 0. The summed E-state index contributed by atoms with van der Waals surface area (Å²) in [6.07, 6.45) is 1.71. The minimum Gasteiger partial charge on any atom is -0.293 e. The van der Waals surface area contributed by atoms with Crippen molar-refractivity contribution in [1.29, 1.82) is 0 Å². The van der Waals surface area contributed by atoms with Crippen LogP contribution in [0.15, 0.2) is 60.8 Å². The highest BCUT2D eigenvalue weighted by atomic mass is 79.9. The molecule has 7 heteroatoms. The molecule has 0 bridgehead atoms. The molecule has 126 valence electrons. The molecule has 25 heavy (non-hydrogen) atoms. The second-order valence-corrected chi connectivity index (χ2v) is 7.36. The molecule has 1 heterocycles. The zero-order valence-electron chi connectivity index (χ0n) is 12.8. The Hall–Kier alpha value is -2.12. The van der Waals surface area contributed by atoms with E-state index in [-0.39, 0.29) is 16.3 Å². The number of benzene rings is 2. The SMILES string of the molecule is O=C(c1ccc([N+](=O)[O-])cc1)[C@H](Br)[C@@H](Br)c1ccnc2ccccc12. The molecule has 3 aromatic rings. The van der Waals surface area contributed by atoms with E-state index in [2.05, 4.69) is 36.8 Å². The van der Waals surface area contributed by atoms with E-state index in [1.165, 1.54) is 24.3 Å². The van der Waals surface area contributed by atoms with Gasteiger partial charge in [0.1, 0.15) is 0 Å². The molecule has 0 N–H and O–H groups in total. The highest BCUT2D eigenvalue weighted by molar-refractivity contribution is 9.12. The van der Waals surface area contributed by atoms with E-state index >= 15 is 0 Å². The fourth-order valence-corrected chi connectivity index (χ4v) is 3.74. The number of Topliss-reactive ketones (excluding diaryl/α,β-unsaturated/α-hetero) is 1. The van der Waals surface area contributed by atoms with Gasteiger partial charge >= 0.3 is 0 Å². The van der Waals surface area contributed by atoms with Crippen LogP contribution in [0.4, 0.5) is 5.69 Å². The lowest BCUT2D eigenvalue weighted by Crippen LogP contribution is -2.19. The number of hydrogen-bond acceptors (Lipinski definition) is 4. The number of hydrogen-bond donors (Lipinski definition) is 0. The smallest absolute Gasteiger partial charge is 0.269 e. The molecule has 0 fully saturated rings. The van der Waals surface area contributed by atoms with Crippen LogP contribution < -0.4 is 0 Å². The van der Waals surface area contributed by atoms with Gasteiger partial charge in [-0.05, 0) is 29.8 Å². The topological polar surface area (TPSA) is 73.1 Å². The number of para-hydroxylation sites is 1. The molecule has 0 spiro atoms. The molecule has 1 aromatic heterocycles. The lowest BCUT2D eigenvalue weighted by Gasteiger charge is -2.18. The van der Waals surface area contributed by atoms with Crippen LogP contribution in [-0.2, 0) is 0 Å². The zero-order chi connectivity index (χ0) is 18.0. The Morgan fingerprint density at radius 3 is 2.40 bits per heavy atom. The van der Waals surface area contributed by atoms with Crippen molar-refractivity contribution < 1.29 is 9.72 Å². The molecule has 2 aromatic carbocycles. The van der Waals surface area contributed by atoms with Crippen molar-refractivity contribution in [2.75, 3.05) is 0 Å². The molecule has 0 aliphatic heterocycles. The maximum Gasteiger partial charge on any atom is 0.269 e. The molecule has 0 unspecified atom stereocenters. The number of pyridine rings is 1. The van der Waals surface area contributed by atoms with Crippen molar-refractivity contribution in [2.24, 2.45) is 0 Å². The minimum absolute atomic E-state index is 0.0433. The maximum absolute atomic E-state index is 12.7. The third-order valence-corrected chi connectivity index (χ3v) is 6.53. The van der Waals surface area contributed by atoms with Crippen LogP contribution in [0.3, 0.4) is 0 Å². The number of nitrogens with zero attached hydrogens (tertiary/aromatic N) is 2. The van der Waals surface area contributed by atoms with Gasteiger partial charge in [-0.15, -0.1) is 0 Å². The van der Waals surface area contributed by atoms with E-state index in [1.807, 2.05) is 30.3 Å². The fourth-order valence-electron chi connectivity index (χ4n) is 2.56. The molecule has 0 saturated carbocycles. The number of non-ortho nitro benzene ring substituents is 1. The first-order chi connectivity index (χ1) is 12.0. The first-order valence-corrected chi connectivity index (χ1v) is 9.22. The predicted octanol–water partition coefficient (Wildman–Crippen LogP) is 5.23. The van der Waals surface area contributed by atoms with Gasteiger partial charge in [0.25, 0.3) is 5.69 Å². The third kappa shape index (κ3) is 3.62. The van der Waals surface area contributed by atoms with Gasteiger partial charge in [-0.25, -0.2) is 0 Å². The summed E-state index contributed by atoms with van der Waals surface area (Å²) in [5, 5.41) is 11.7. The fraction of sp³-hybridized carbons (Fsp3) is 0.111. The van der Waals surface area contributed by atoms with Gasteiger partial charge in [0.15, 0.2) is 5.78 Å². The number of fused-ring (bicyclic) bond motifs is 1. The number of carbonyl (C=O) groups is 1. The molecule has 0 aliphatic carbocycles. The van der Waals surface area contributed by atoms with Crippen LogP contribution in [0.5, 0.6) is 0 Å². The molecule has 2 atom stereocenters. The Bertz CT molecular complexity index is 939. The van der Waals surface area contributed by atoms with Gasteiger partial charge in [-0.2, -0.15) is 0 Å².